The fourth-order valence-corrected chi connectivity index (χ4v) is 2.60. The van der Waals surface area contributed by atoms with Crippen molar-refractivity contribution < 1.29 is 14.7 Å². The van der Waals surface area contributed by atoms with E-state index in [1.54, 1.807) is 19.9 Å². The monoisotopic (exact) mass is 374 g/mol. The van der Waals surface area contributed by atoms with Crippen LogP contribution in [0, 0.1) is 17.8 Å². The fraction of sp³-hybridized carbons (Fsp3) is 0.583. The van der Waals surface area contributed by atoms with Crippen molar-refractivity contribution in [2.24, 2.45) is 17.8 Å². The number of carbonyl (C=O) groups is 2. The lowest BCUT2D eigenvalue weighted by molar-refractivity contribution is -0.124. The molecule has 0 bridgehead atoms. The number of carbonyl (C=O) groups excluding carboxylic acids is 2. The molecule has 0 aliphatic carbocycles. The van der Waals surface area contributed by atoms with Gasteiger partial charge in [-0.15, -0.1) is 0 Å². The summed E-state index contributed by atoms with van der Waals surface area (Å²) in [6, 6.07) is 0. The molecular formula is C24H38O3. The normalized spacial score (nSPS) is 17.9. The van der Waals surface area contributed by atoms with E-state index in [0.29, 0.717) is 5.57 Å². The molecule has 0 rings (SSSR count). The topological polar surface area (TPSA) is 54.4 Å². The first-order valence-corrected chi connectivity index (χ1v) is 9.98. The number of aliphatic hydroxyl groups is 1. The summed E-state index contributed by atoms with van der Waals surface area (Å²) in [5.41, 5.74) is 2.03. The molecule has 0 fully saturated rings. The van der Waals surface area contributed by atoms with Gasteiger partial charge in [-0.2, -0.15) is 0 Å². The van der Waals surface area contributed by atoms with Gasteiger partial charge in [0.25, 0.3) is 0 Å². The van der Waals surface area contributed by atoms with Crippen molar-refractivity contribution in [1.82, 2.24) is 0 Å². The summed E-state index contributed by atoms with van der Waals surface area (Å²) in [5, 5.41) is 10.2. The molecule has 1 N–H and O–H groups in total. The number of hydrogen-bond donors (Lipinski definition) is 1. The van der Waals surface area contributed by atoms with Crippen LogP contribution >= 0.6 is 0 Å². The van der Waals surface area contributed by atoms with Crippen LogP contribution in [0.5, 0.6) is 0 Å². The minimum atomic E-state index is -0.816. The van der Waals surface area contributed by atoms with Crippen LogP contribution in [0.1, 0.15) is 67.7 Å². The molecule has 3 nitrogen and oxygen atoms in total. The van der Waals surface area contributed by atoms with Gasteiger partial charge in [0.1, 0.15) is 11.6 Å². The van der Waals surface area contributed by atoms with E-state index >= 15 is 0 Å². The molecule has 0 amide bonds. The molecule has 0 aromatic rings. The van der Waals surface area contributed by atoms with Crippen LogP contribution in [0.4, 0.5) is 0 Å². The number of hydrogen-bond acceptors (Lipinski definition) is 3. The van der Waals surface area contributed by atoms with Gasteiger partial charge in [0.15, 0.2) is 0 Å². The van der Waals surface area contributed by atoms with E-state index in [1.165, 1.54) is 12.5 Å². The first kappa shape index (κ1) is 25.3. The molecule has 0 aliphatic heterocycles. The summed E-state index contributed by atoms with van der Waals surface area (Å²) in [6.07, 6.45) is 13.1. The molecule has 4 atom stereocenters. The lowest BCUT2D eigenvalue weighted by atomic mass is 9.89. The zero-order chi connectivity index (χ0) is 21.0. The highest BCUT2D eigenvalue weighted by molar-refractivity contribution is 5.82. The second-order valence-corrected chi connectivity index (χ2v) is 7.75. The van der Waals surface area contributed by atoms with E-state index in [0.717, 1.165) is 12.8 Å². The molecule has 0 heterocycles. The third kappa shape index (κ3) is 11.6. The van der Waals surface area contributed by atoms with Gasteiger partial charge in [-0.3, -0.25) is 9.59 Å². The van der Waals surface area contributed by atoms with Crippen LogP contribution < -0.4 is 0 Å². The zero-order valence-corrected chi connectivity index (χ0v) is 18.2. The van der Waals surface area contributed by atoms with Crippen molar-refractivity contribution >= 4 is 11.6 Å². The van der Waals surface area contributed by atoms with Gasteiger partial charge in [-0.25, -0.2) is 0 Å². The van der Waals surface area contributed by atoms with Crippen LogP contribution in [0.2, 0.25) is 0 Å². The average Bonchev–Trinajstić information content (AvgIpc) is 2.60. The molecular weight excluding hydrogens is 336 g/mol. The Morgan fingerprint density at radius 3 is 2.19 bits per heavy atom. The molecule has 0 saturated heterocycles. The first-order valence-electron chi connectivity index (χ1n) is 9.98. The minimum Gasteiger partial charge on any atom is -0.388 e. The number of allylic oxidation sites excluding steroid dienone is 7. The van der Waals surface area contributed by atoms with Crippen molar-refractivity contribution in [2.75, 3.05) is 0 Å². The Bertz CT molecular complexity index is 593. The van der Waals surface area contributed by atoms with Crippen LogP contribution in [-0.2, 0) is 9.59 Å². The maximum Gasteiger partial charge on any atom is 0.138 e. The van der Waals surface area contributed by atoms with Crippen LogP contribution in [-0.4, -0.2) is 22.8 Å². The molecule has 0 aliphatic rings. The Morgan fingerprint density at radius 2 is 1.63 bits per heavy atom. The van der Waals surface area contributed by atoms with Crippen molar-refractivity contribution in [2.45, 2.75) is 73.8 Å². The molecule has 0 radical (unpaired) electrons. The Balaban J connectivity index is 4.54. The molecule has 0 unspecified atom stereocenters. The van der Waals surface area contributed by atoms with E-state index < -0.39 is 6.10 Å². The molecule has 0 spiro atoms. The van der Waals surface area contributed by atoms with E-state index in [1.807, 2.05) is 25.2 Å². The lowest BCUT2D eigenvalue weighted by Gasteiger charge is -2.17. The second-order valence-electron chi connectivity index (χ2n) is 7.75. The van der Waals surface area contributed by atoms with Crippen molar-refractivity contribution in [3.8, 4) is 0 Å². The summed E-state index contributed by atoms with van der Waals surface area (Å²) in [5.74, 6) is 0.0561. The molecule has 27 heavy (non-hydrogen) atoms. The number of Topliss-reactive ketones (excluding diaryl/α,β-unsaturated/α-hetero) is 2. The van der Waals surface area contributed by atoms with Crippen LogP contribution in [0.25, 0.3) is 0 Å². The number of aliphatic hydroxyl groups excluding tert-OH is 1. The average molecular weight is 375 g/mol. The van der Waals surface area contributed by atoms with Gasteiger partial charge in [0, 0.05) is 18.3 Å². The SMILES string of the molecule is CC/C(C)=C/C=C/C=C/[C@@H](C)C[C@@H](C)C(=O)C[C@H](O)/C(C)=C/[C@@H](C)C(C)=O. The van der Waals surface area contributed by atoms with Gasteiger partial charge >= 0.3 is 0 Å². The highest BCUT2D eigenvalue weighted by atomic mass is 16.3. The van der Waals surface area contributed by atoms with E-state index in [2.05, 4.69) is 32.9 Å². The Kier molecular flexibility index (Phi) is 12.6. The zero-order valence-electron chi connectivity index (χ0n) is 18.2. The maximum atomic E-state index is 12.4. The van der Waals surface area contributed by atoms with Gasteiger partial charge in [0.05, 0.1) is 6.10 Å². The molecule has 0 saturated carbocycles. The third-order valence-electron chi connectivity index (χ3n) is 4.95. The Hall–Kier alpha value is -1.74. The third-order valence-corrected chi connectivity index (χ3v) is 4.95. The van der Waals surface area contributed by atoms with E-state index in [9.17, 15) is 14.7 Å². The van der Waals surface area contributed by atoms with Crippen molar-refractivity contribution in [1.29, 1.82) is 0 Å². The predicted molar refractivity (Wildman–Crippen MR) is 115 cm³/mol. The van der Waals surface area contributed by atoms with Crippen molar-refractivity contribution in [3.63, 3.8) is 0 Å². The minimum absolute atomic E-state index is 0.0521. The molecule has 3 heteroatoms. The lowest BCUT2D eigenvalue weighted by Crippen LogP contribution is -2.21. The van der Waals surface area contributed by atoms with Gasteiger partial charge in [-0.1, -0.05) is 69.7 Å². The standard InChI is InChI=1S/C24H38O3/c1-8-17(2)12-10-9-11-13-18(3)14-20(5)23(26)16-24(27)21(6)15-19(4)22(7)25/h9-13,15,18-20,24,27H,8,14,16H2,1-7H3/b10-9+,13-11+,17-12+,21-15+/t18-,19-,20-,24+/m1/s1. The van der Waals surface area contributed by atoms with Gasteiger partial charge < -0.3 is 5.11 Å². The summed E-state index contributed by atoms with van der Waals surface area (Å²) >= 11 is 0. The number of rotatable bonds is 12. The van der Waals surface area contributed by atoms with Crippen LogP contribution in [0.3, 0.4) is 0 Å². The van der Waals surface area contributed by atoms with Gasteiger partial charge in [-0.05, 0) is 45.1 Å². The maximum absolute atomic E-state index is 12.4. The second kappa shape index (κ2) is 13.4. The predicted octanol–water partition coefficient (Wildman–Crippen LogP) is 5.61. The van der Waals surface area contributed by atoms with Crippen molar-refractivity contribution in [3.05, 3.63) is 47.6 Å². The van der Waals surface area contributed by atoms with Gasteiger partial charge in [0.2, 0.25) is 0 Å². The fourth-order valence-electron chi connectivity index (χ4n) is 2.60. The quantitative estimate of drug-likeness (QED) is 0.357. The summed E-state index contributed by atoms with van der Waals surface area (Å²) in [4.78, 5) is 23.7. The number of ketones is 2. The highest BCUT2D eigenvalue weighted by Crippen LogP contribution is 2.19. The summed E-state index contributed by atoms with van der Waals surface area (Å²) in [6.45, 7) is 13.3. The smallest absolute Gasteiger partial charge is 0.138 e. The van der Waals surface area contributed by atoms with Crippen LogP contribution in [0.15, 0.2) is 47.6 Å². The largest absolute Gasteiger partial charge is 0.388 e. The first-order chi connectivity index (χ1) is 12.6. The van der Waals surface area contributed by atoms with E-state index in [4.69, 9.17) is 0 Å². The summed E-state index contributed by atoms with van der Waals surface area (Å²) < 4.78 is 0. The molecule has 0 aromatic heterocycles. The van der Waals surface area contributed by atoms with E-state index in [-0.39, 0.29) is 35.7 Å². The Labute approximate surface area is 165 Å². The summed E-state index contributed by atoms with van der Waals surface area (Å²) in [7, 11) is 0. The Morgan fingerprint density at radius 1 is 1.00 bits per heavy atom. The highest BCUT2D eigenvalue weighted by Gasteiger charge is 2.20. The molecule has 0 aromatic carbocycles. The molecule has 152 valence electrons.